The molecule has 0 aliphatic carbocycles. The summed E-state index contributed by atoms with van der Waals surface area (Å²) in [6.07, 6.45) is 0. The Labute approximate surface area is 168 Å². The van der Waals surface area contributed by atoms with E-state index in [0.717, 1.165) is 19.9 Å². The molecule has 0 fully saturated rings. The van der Waals surface area contributed by atoms with E-state index in [9.17, 15) is 4.79 Å². The average Bonchev–Trinajstić information content (AvgIpc) is 3.18. The fourth-order valence-corrected chi connectivity index (χ4v) is 4.02. The monoisotopic (exact) mass is 474 g/mol. The summed E-state index contributed by atoms with van der Waals surface area (Å²) in [6.45, 7) is 2.55. The van der Waals surface area contributed by atoms with Crippen molar-refractivity contribution in [3.05, 3.63) is 73.9 Å². The van der Waals surface area contributed by atoms with Gasteiger partial charge < -0.3 is 4.74 Å². The van der Waals surface area contributed by atoms with Gasteiger partial charge in [0.05, 0.1) is 28.1 Å². The number of fused-ring (bicyclic) bond motifs is 1. The minimum Gasteiger partial charge on any atom is -0.494 e. The van der Waals surface area contributed by atoms with Crippen LogP contribution in [0.5, 0.6) is 5.75 Å². The number of hydrogen-bond acceptors (Lipinski definition) is 4. The summed E-state index contributed by atoms with van der Waals surface area (Å²) >= 11 is 3.78. The van der Waals surface area contributed by atoms with Gasteiger partial charge in [0.25, 0.3) is 5.56 Å². The lowest BCUT2D eigenvalue weighted by atomic mass is 10.2. The summed E-state index contributed by atoms with van der Waals surface area (Å²) in [5.41, 5.74) is 1.41. The van der Waals surface area contributed by atoms with E-state index in [2.05, 4.69) is 22.6 Å². The zero-order valence-corrected chi connectivity index (χ0v) is 17.0. The lowest BCUT2D eigenvalue weighted by molar-refractivity contribution is 0.340. The second-order valence-corrected chi connectivity index (χ2v) is 7.83. The molecule has 0 aliphatic rings. The zero-order chi connectivity index (χ0) is 18.1. The highest BCUT2D eigenvalue weighted by atomic mass is 127. The molecule has 0 saturated carbocycles. The Kier molecular flexibility index (Phi) is 4.78. The van der Waals surface area contributed by atoms with Crippen LogP contribution < -0.4 is 10.3 Å². The van der Waals surface area contributed by atoms with Gasteiger partial charge in [0, 0.05) is 3.57 Å². The van der Waals surface area contributed by atoms with Gasteiger partial charge in [-0.05, 0) is 83.4 Å². The molecule has 4 rings (SSSR count). The first kappa shape index (κ1) is 17.2. The molecule has 2 aromatic heterocycles. The molecule has 2 aromatic carbocycles. The fraction of sp³-hybridized carbons (Fsp3) is 0.100. The van der Waals surface area contributed by atoms with Crippen molar-refractivity contribution < 1.29 is 4.74 Å². The van der Waals surface area contributed by atoms with Crippen molar-refractivity contribution in [3.8, 4) is 22.1 Å². The first-order valence-corrected chi connectivity index (χ1v) is 10.1. The van der Waals surface area contributed by atoms with Crippen LogP contribution in [-0.4, -0.2) is 16.2 Å². The minimum absolute atomic E-state index is 0.0684. The standard InChI is InChI=1S/C20H15IN2O2S/c1-2-25-15-8-6-14(7-9-15)23-19(18-4-3-11-26-18)22-17-10-5-13(21)12-16(17)20(23)24/h3-12H,2H2,1H3. The van der Waals surface area contributed by atoms with Crippen LogP contribution in [-0.2, 0) is 0 Å². The molecule has 6 heteroatoms. The molecule has 0 spiro atoms. The number of rotatable bonds is 4. The Morgan fingerprint density at radius 1 is 1.15 bits per heavy atom. The third kappa shape index (κ3) is 3.14. The molecule has 0 unspecified atom stereocenters. The third-order valence-electron chi connectivity index (χ3n) is 3.98. The zero-order valence-electron chi connectivity index (χ0n) is 14.0. The quantitative estimate of drug-likeness (QED) is 0.386. The average molecular weight is 474 g/mol. The largest absolute Gasteiger partial charge is 0.494 e. The summed E-state index contributed by atoms with van der Waals surface area (Å²) < 4.78 is 8.20. The highest BCUT2D eigenvalue weighted by Crippen LogP contribution is 2.27. The van der Waals surface area contributed by atoms with E-state index < -0.39 is 0 Å². The molecule has 0 atom stereocenters. The normalized spacial score (nSPS) is 11.0. The van der Waals surface area contributed by atoms with Crippen LogP contribution in [0.15, 0.2) is 64.8 Å². The SMILES string of the molecule is CCOc1ccc(-n2c(-c3cccs3)nc3ccc(I)cc3c2=O)cc1. The minimum atomic E-state index is -0.0684. The molecule has 0 aliphatic heterocycles. The number of nitrogens with zero attached hydrogens (tertiary/aromatic N) is 2. The number of halogens is 1. The predicted octanol–water partition coefficient (Wildman–Crippen LogP) is 5.12. The summed E-state index contributed by atoms with van der Waals surface area (Å²) in [5, 5.41) is 2.60. The van der Waals surface area contributed by atoms with Crippen LogP contribution in [0.25, 0.3) is 27.3 Å². The first-order chi connectivity index (χ1) is 12.7. The fourth-order valence-electron chi connectivity index (χ4n) is 2.83. The van der Waals surface area contributed by atoms with E-state index in [1.807, 2.05) is 66.9 Å². The van der Waals surface area contributed by atoms with Crippen molar-refractivity contribution in [1.29, 1.82) is 0 Å². The van der Waals surface area contributed by atoms with Gasteiger partial charge in [-0.1, -0.05) is 6.07 Å². The molecular formula is C20H15IN2O2S. The predicted molar refractivity (Wildman–Crippen MR) is 115 cm³/mol. The van der Waals surface area contributed by atoms with Gasteiger partial charge in [-0.2, -0.15) is 0 Å². The van der Waals surface area contributed by atoms with E-state index in [-0.39, 0.29) is 5.56 Å². The van der Waals surface area contributed by atoms with Crippen LogP contribution in [0.2, 0.25) is 0 Å². The Morgan fingerprint density at radius 2 is 1.96 bits per heavy atom. The number of hydrogen-bond donors (Lipinski definition) is 0. The lowest BCUT2D eigenvalue weighted by Crippen LogP contribution is -2.21. The summed E-state index contributed by atoms with van der Waals surface area (Å²) in [7, 11) is 0. The van der Waals surface area contributed by atoms with Crippen molar-refractivity contribution in [2.45, 2.75) is 6.92 Å². The smallest absolute Gasteiger partial charge is 0.266 e. The maximum absolute atomic E-state index is 13.3. The molecule has 2 heterocycles. The van der Waals surface area contributed by atoms with Crippen molar-refractivity contribution in [3.63, 3.8) is 0 Å². The van der Waals surface area contributed by atoms with E-state index in [4.69, 9.17) is 9.72 Å². The highest BCUT2D eigenvalue weighted by Gasteiger charge is 2.15. The Balaban J connectivity index is 2.00. The van der Waals surface area contributed by atoms with Crippen LogP contribution >= 0.6 is 33.9 Å². The van der Waals surface area contributed by atoms with Gasteiger partial charge in [-0.3, -0.25) is 9.36 Å². The second kappa shape index (κ2) is 7.20. The molecule has 0 bridgehead atoms. The van der Waals surface area contributed by atoms with Gasteiger partial charge in [0.1, 0.15) is 5.75 Å². The Hall–Kier alpha value is -2.19. The van der Waals surface area contributed by atoms with Crippen molar-refractivity contribution in [2.75, 3.05) is 6.61 Å². The first-order valence-electron chi connectivity index (χ1n) is 8.17. The van der Waals surface area contributed by atoms with Crippen molar-refractivity contribution >= 4 is 44.8 Å². The molecule has 0 N–H and O–H groups in total. The van der Waals surface area contributed by atoms with Crippen molar-refractivity contribution in [2.24, 2.45) is 0 Å². The third-order valence-corrected chi connectivity index (χ3v) is 5.51. The van der Waals surface area contributed by atoms with Crippen LogP contribution in [0.4, 0.5) is 0 Å². The molecule has 0 amide bonds. The Morgan fingerprint density at radius 3 is 2.65 bits per heavy atom. The van der Waals surface area contributed by atoms with E-state index in [0.29, 0.717) is 23.3 Å². The molecule has 26 heavy (non-hydrogen) atoms. The van der Waals surface area contributed by atoms with E-state index in [1.165, 1.54) is 0 Å². The van der Waals surface area contributed by atoms with Gasteiger partial charge in [-0.15, -0.1) is 11.3 Å². The van der Waals surface area contributed by atoms with Gasteiger partial charge in [0.2, 0.25) is 0 Å². The summed E-state index contributed by atoms with van der Waals surface area (Å²) in [5.74, 6) is 1.44. The second-order valence-electron chi connectivity index (χ2n) is 5.64. The molecule has 4 nitrogen and oxygen atoms in total. The van der Waals surface area contributed by atoms with Gasteiger partial charge >= 0.3 is 0 Å². The molecule has 4 aromatic rings. The molecular weight excluding hydrogens is 459 g/mol. The highest BCUT2D eigenvalue weighted by molar-refractivity contribution is 14.1. The van der Waals surface area contributed by atoms with E-state index >= 15 is 0 Å². The number of ether oxygens (including phenoxy) is 1. The topological polar surface area (TPSA) is 44.1 Å². The lowest BCUT2D eigenvalue weighted by Gasteiger charge is -2.13. The maximum atomic E-state index is 13.3. The number of benzene rings is 2. The summed E-state index contributed by atoms with van der Waals surface area (Å²) in [4.78, 5) is 19.0. The molecule has 130 valence electrons. The van der Waals surface area contributed by atoms with Crippen LogP contribution in [0.1, 0.15) is 6.92 Å². The number of thiophene rings is 1. The van der Waals surface area contributed by atoms with Crippen LogP contribution in [0, 0.1) is 3.57 Å². The summed E-state index contributed by atoms with van der Waals surface area (Å²) in [6, 6.07) is 17.2. The Bertz CT molecular complexity index is 1120. The van der Waals surface area contributed by atoms with E-state index in [1.54, 1.807) is 15.9 Å². The van der Waals surface area contributed by atoms with Crippen LogP contribution in [0.3, 0.4) is 0 Å². The maximum Gasteiger partial charge on any atom is 0.266 e. The molecule has 0 radical (unpaired) electrons. The molecule has 0 saturated heterocycles. The van der Waals surface area contributed by atoms with Gasteiger partial charge in [-0.25, -0.2) is 4.98 Å². The van der Waals surface area contributed by atoms with Gasteiger partial charge in [0.15, 0.2) is 5.82 Å². The van der Waals surface area contributed by atoms with Crippen molar-refractivity contribution in [1.82, 2.24) is 9.55 Å². The number of aromatic nitrogens is 2.